The van der Waals surface area contributed by atoms with E-state index in [4.69, 9.17) is 22.5 Å². The van der Waals surface area contributed by atoms with Crippen molar-refractivity contribution in [2.24, 2.45) is 16.8 Å². The lowest BCUT2D eigenvalue weighted by Crippen LogP contribution is -2.47. The largest absolute Gasteiger partial charge is 0.409 e. The number of benzene rings is 1. The number of halogens is 1. The van der Waals surface area contributed by atoms with Crippen LogP contribution in [0.15, 0.2) is 34.3 Å². The average molecular weight is 306 g/mol. The minimum absolute atomic E-state index is 0.0632. The molecule has 19 heavy (non-hydrogen) atoms. The summed E-state index contributed by atoms with van der Waals surface area (Å²) in [7, 11) is -3.76. The first-order valence-electron chi connectivity index (χ1n) is 5.53. The maximum atomic E-state index is 12.1. The Morgan fingerprint density at radius 2 is 1.89 bits per heavy atom. The van der Waals surface area contributed by atoms with Crippen LogP contribution in [0, 0.1) is 5.92 Å². The van der Waals surface area contributed by atoms with E-state index in [1.54, 1.807) is 13.8 Å². The number of rotatable bonds is 5. The van der Waals surface area contributed by atoms with Gasteiger partial charge in [0, 0.05) is 5.02 Å². The van der Waals surface area contributed by atoms with Crippen molar-refractivity contribution >= 4 is 27.5 Å². The molecule has 1 rings (SSSR count). The van der Waals surface area contributed by atoms with Crippen molar-refractivity contribution in [2.75, 3.05) is 0 Å². The van der Waals surface area contributed by atoms with Crippen LogP contribution in [0.3, 0.4) is 0 Å². The topological polar surface area (TPSA) is 105 Å². The Bertz CT molecular complexity index is 555. The average Bonchev–Trinajstić information content (AvgIpc) is 2.35. The molecule has 0 aliphatic rings. The zero-order valence-corrected chi connectivity index (χ0v) is 12.1. The highest BCUT2D eigenvalue weighted by Crippen LogP contribution is 2.15. The number of sulfonamides is 1. The van der Waals surface area contributed by atoms with Gasteiger partial charge in [0.15, 0.2) is 5.84 Å². The van der Waals surface area contributed by atoms with Crippen LogP contribution >= 0.6 is 11.6 Å². The van der Waals surface area contributed by atoms with Gasteiger partial charge in [-0.05, 0) is 30.2 Å². The Kier molecular flexibility index (Phi) is 5.16. The number of nitrogens with one attached hydrogen (secondary N) is 1. The van der Waals surface area contributed by atoms with Gasteiger partial charge in [-0.1, -0.05) is 30.6 Å². The first-order chi connectivity index (χ1) is 8.77. The molecule has 0 amide bonds. The van der Waals surface area contributed by atoms with Gasteiger partial charge in [-0.3, -0.25) is 0 Å². The van der Waals surface area contributed by atoms with Crippen LogP contribution in [0.5, 0.6) is 0 Å². The molecule has 0 spiro atoms. The van der Waals surface area contributed by atoms with Crippen molar-refractivity contribution in [2.45, 2.75) is 24.8 Å². The highest BCUT2D eigenvalue weighted by molar-refractivity contribution is 7.89. The molecule has 1 aromatic rings. The smallest absolute Gasteiger partial charge is 0.241 e. The lowest BCUT2D eigenvalue weighted by Gasteiger charge is -2.20. The quantitative estimate of drug-likeness (QED) is 0.331. The number of hydrogen-bond acceptors (Lipinski definition) is 4. The van der Waals surface area contributed by atoms with Crippen molar-refractivity contribution < 1.29 is 13.6 Å². The summed E-state index contributed by atoms with van der Waals surface area (Å²) in [4.78, 5) is 0.0632. The Morgan fingerprint density at radius 3 is 2.32 bits per heavy atom. The number of nitrogens with zero attached hydrogens (tertiary/aromatic N) is 1. The normalized spacial score (nSPS) is 14.6. The molecule has 0 fully saturated rings. The van der Waals surface area contributed by atoms with Crippen molar-refractivity contribution in [1.82, 2.24) is 4.72 Å². The predicted molar refractivity (Wildman–Crippen MR) is 73.8 cm³/mol. The van der Waals surface area contributed by atoms with Gasteiger partial charge < -0.3 is 10.9 Å². The van der Waals surface area contributed by atoms with Crippen LogP contribution in [0.1, 0.15) is 13.8 Å². The first-order valence-corrected chi connectivity index (χ1v) is 7.39. The van der Waals surface area contributed by atoms with Crippen LogP contribution < -0.4 is 10.5 Å². The van der Waals surface area contributed by atoms with E-state index in [9.17, 15) is 8.42 Å². The SMILES string of the molecule is CC(C)C(NS(=O)(=O)c1ccc(Cl)cc1)C(N)=NO. The molecule has 106 valence electrons. The summed E-state index contributed by atoms with van der Waals surface area (Å²) in [5.41, 5.74) is 5.48. The van der Waals surface area contributed by atoms with Crippen molar-refractivity contribution in [1.29, 1.82) is 0 Å². The third kappa shape index (κ3) is 4.09. The zero-order chi connectivity index (χ0) is 14.6. The summed E-state index contributed by atoms with van der Waals surface area (Å²) < 4.78 is 26.7. The minimum Gasteiger partial charge on any atom is -0.409 e. The minimum atomic E-state index is -3.76. The van der Waals surface area contributed by atoms with Gasteiger partial charge >= 0.3 is 0 Å². The van der Waals surface area contributed by atoms with E-state index in [0.717, 1.165) is 0 Å². The van der Waals surface area contributed by atoms with Crippen LogP contribution in [-0.4, -0.2) is 25.5 Å². The van der Waals surface area contributed by atoms with E-state index in [0.29, 0.717) is 5.02 Å². The molecule has 1 unspecified atom stereocenters. The molecule has 0 saturated heterocycles. The van der Waals surface area contributed by atoms with Gasteiger partial charge in [-0.2, -0.15) is 0 Å². The molecule has 1 aromatic carbocycles. The molecular formula is C11H16ClN3O3S. The van der Waals surface area contributed by atoms with Gasteiger partial charge in [0.05, 0.1) is 10.9 Å². The number of amidine groups is 1. The molecule has 0 aliphatic heterocycles. The van der Waals surface area contributed by atoms with Crippen LogP contribution in [0.25, 0.3) is 0 Å². The van der Waals surface area contributed by atoms with Gasteiger partial charge in [-0.25, -0.2) is 13.1 Å². The van der Waals surface area contributed by atoms with Gasteiger partial charge in [0.25, 0.3) is 0 Å². The summed E-state index contributed by atoms with van der Waals surface area (Å²) in [6.07, 6.45) is 0. The second kappa shape index (κ2) is 6.23. The highest BCUT2D eigenvalue weighted by atomic mass is 35.5. The fraction of sp³-hybridized carbons (Fsp3) is 0.364. The van der Waals surface area contributed by atoms with Gasteiger partial charge in [-0.15, -0.1) is 0 Å². The Labute approximate surface area is 117 Å². The third-order valence-electron chi connectivity index (χ3n) is 2.51. The maximum absolute atomic E-state index is 12.1. The molecule has 0 radical (unpaired) electrons. The fourth-order valence-electron chi connectivity index (χ4n) is 1.45. The predicted octanol–water partition coefficient (Wildman–Crippen LogP) is 1.39. The second-order valence-corrected chi connectivity index (χ2v) is 6.47. The zero-order valence-electron chi connectivity index (χ0n) is 10.5. The standard InChI is InChI=1S/C11H16ClN3O3S/c1-7(2)10(11(13)14-16)15-19(17,18)9-5-3-8(12)4-6-9/h3-7,10,15-16H,1-2H3,(H2,13,14). The maximum Gasteiger partial charge on any atom is 0.241 e. The van der Waals surface area contributed by atoms with E-state index in [1.807, 2.05) is 0 Å². The van der Waals surface area contributed by atoms with Crippen molar-refractivity contribution in [3.8, 4) is 0 Å². The Hall–Kier alpha value is -1.31. The third-order valence-corrected chi connectivity index (χ3v) is 4.22. The molecule has 0 aliphatic carbocycles. The van der Waals surface area contributed by atoms with E-state index >= 15 is 0 Å². The lowest BCUT2D eigenvalue weighted by atomic mass is 10.1. The molecule has 0 heterocycles. The van der Waals surface area contributed by atoms with Crippen LogP contribution in [-0.2, 0) is 10.0 Å². The van der Waals surface area contributed by atoms with E-state index < -0.39 is 16.1 Å². The van der Waals surface area contributed by atoms with E-state index in [-0.39, 0.29) is 16.6 Å². The van der Waals surface area contributed by atoms with Crippen LogP contribution in [0.4, 0.5) is 0 Å². The first kappa shape index (κ1) is 15.7. The summed E-state index contributed by atoms with van der Waals surface area (Å²) in [5.74, 6) is -0.356. The van der Waals surface area contributed by atoms with E-state index in [1.165, 1.54) is 24.3 Å². The van der Waals surface area contributed by atoms with E-state index in [2.05, 4.69) is 9.88 Å². The lowest BCUT2D eigenvalue weighted by molar-refractivity contribution is 0.313. The number of nitrogens with two attached hydrogens (primary N) is 1. The molecule has 8 heteroatoms. The van der Waals surface area contributed by atoms with Crippen molar-refractivity contribution in [3.05, 3.63) is 29.3 Å². The highest BCUT2D eigenvalue weighted by Gasteiger charge is 2.25. The van der Waals surface area contributed by atoms with Gasteiger partial charge in [0.1, 0.15) is 0 Å². The molecule has 0 bridgehead atoms. The monoisotopic (exact) mass is 305 g/mol. The summed E-state index contributed by atoms with van der Waals surface area (Å²) in [6, 6.07) is 4.93. The second-order valence-electron chi connectivity index (χ2n) is 4.32. The summed E-state index contributed by atoms with van der Waals surface area (Å²) in [5, 5.41) is 12.0. The molecular weight excluding hydrogens is 290 g/mol. The molecule has 1 atom stereocenters. The van der Waals surface area contributed by atoms with Crippen molar-refractivity contribution in [3.63, 3.8) is 0 Å². The molecule has 0 aromatic heterocycles. The number of hydrogen-bond donors (Lipinski definition) is 3. The summed E-state index contributed by atoms with van der Waals surface area (Å²) in [6.45, 7) is 3.51. The summed E-state index contributed by atoms with van der Waals surface area (Å²) >= 11 is 5.70. The Morgan fingerprint density at radius 1 is 1.37 bits per heavy atom. The van der Waals surface area contributed by atoms with Gasteiger partial charge in [0.2, 0.25) is 10.0 Å². The Balaban J connectivity index is 3.04. The number of oxime groups is 1. The molecule has 0 saturated carbocycles. The molecule has 4 N–H and O–H groups in total. The molecule has 6 nitrogen and oxygen atoms in total. The fourth-order valence-corrected chi connectivity index (χ4v) is 2.93. The van der Waals surface area contributed by atoms with Crippen LogP contribution in [0.2, 0.25) is 5.02 Å².